The second kappa shape index (κ2) is 6.95. The van der Waals surface area contributed by atoms with Gasteiger partial charge in [-0.3, -0.25) is 4.90 Å². The molecule has 0 radical (unpaired) electrons. The van der Waals surface area contributed by atoms with Crippen molar-refractivity contribution < 1.29 is 4.74 Å². The standard InChI is InChI=1S/C19H24N2O/c1-15-13-21(12-11-20-15)14-16-7-9-17(10-8-16)18-5-3-4-6-19(18)22-2/h3-10,15,20H,11-14H2,1-2H3/t15-/m1/s1. The molecule has 2 aromatic carbocycles. The van der Waals surface area contributed by atoms with Gasteiger partial charge < -0.3 is 10.1 Å². The second-order valence-corrected chi connectivity index (χ2v) is 5.99. The first kappa shape index (κ1) is 15.1. The molecule has 3 rings (SSSR count). The highest BCUT2D eigenvalue weighted by Gasteiger charge is 2.15. The molecule has 116 valence electrons. The zero-order chi connectivity index (χ0) is 15.4. The van der Waals surface area contributed by atoms with E-state index in [0.717, 1.165) is 37.5 Å². The Morgan fingerprint density at radius 2 is 1.91 bits per heavy atom. The molecule has 1 saturated heterocycles. The highest BCUT2D eigenvalue weighted by atomic mass is 16.5. The third kappa shape index (κ3) is 3.49. The fourth-order valence-electron chi connectivity index (χ4n) is 3.09. The number of nitrogens with zero attached hydrogens (tertiary/aromatic N) is 1. The predicted octanol–water partition coefficient (Wildman–Crippen LogP) is 3.16. The van der Waals surface area contributed by atoms with E-state index in [0.29, 0.717) is 6.04 Å². The van der Waals surface area contributed by atoms with Crippen molar-refractivity contribution in [2.24, 2.45) is 0 Å². The fourth-order valence-corrected chi connectivity index (χ4v) is 3.09. The van der Waals surface area contributed by atoms with E-state index in [1.807, 2.05) is 18.2 Å². The molecular weight excluding hydrogens is 272 g/mol. The van der Waals surface area contributed by atoms with Crippen LogP contribution in [0.1, 0.15) is 12.5 Å². The molecule has 1 heterocycles. The van der Waals surface area contributed by atoms with Crippen LogP contribution in [0.4, 0.5) is 0 Å². The topological polar surface area (TPSA) is 24.5 Å². The Balaban J connectivity index is 1.72. The summed E-state index contributed by atoms with van der Waals surface area (Å²) in [4.78, 5) is 2.51. The molecule has 22 heavy (non-hydrogen) atoms. The molecule has 0 amide bonds. The SMILES string of the molecule is COc1ccccc1-c1ccc(CN2CCN[C@H](C)C2)cc1. The van der Waals surface area contributed by atoms with Gasteiger partial charge in [0.1, 0.15) is 5.75 Å². The van der Waals surface area contributed by atoms with Crippen LogP contribution in [-0.4, -0.2) is 37.7 Å². The number of nitrogens with one attached hydrogen (secondary N) is 1. The van der Waals surface area contributed by atoms with Crippen molar-refractivity contribution in [3.05, 3.63) is 54.1 Å². The zero-order valence-electron chi connectivity index (χ0n) is 13.4. The lowest BCUT2D eigenvalue weighted by Gasteiger charge is -2.31. The molecule has 1 N–H and O–H groups in total. The van der Waals surface area contributed by atoms with E-state index < -0.39 is 0 Å². The number of rotatable bonds is 4. The van der Waals surface area contributed by atoms with Gasteiger partial charge in [0, 0.05) is 37.8 Å². The summed E-state index contributed by atoms with van der Waals surface area (Å²) in [5, 5.41) is 3.49. The van der Waals surface area contributed by atoms with Gasteiger partial charge in [-0.1, -0.05) is 42.5 Å². The van der Waals surface area contributed by atoms with E-state index in [1.165, 1.54) is 11.1 Å². The molecule has 3 nitrogen and oxygen atoms in total. The van der Waals surface area contributed by atoms with Crippen LogP contribution in [0.2, 0.25) is 0 Å². The predicted molar refractivity (Wildman–Crippen MR) is 91.2 cm³/mol. The number of piperazine rings is 1. The van der Waals surface area contributed by atoms with Gasteiger partial charge in [0.15, 0.2) is 0 Å². The minimum Gasteiger partial charge on any atom is -0.496 e. The molecular formula is C19H24N2O. The van der Waals surface area contributed by atoms with Gasteiger partial charge in [-0.15, -0.1) is 0 Å². The third-order valence-corrected chi connectivity index (χ3v) is 4.23. The van der Waals surface area contributed by atoms with E-state index in [9.17, 15) is 0 Å². The molecule has 0 aliphatic carbocycles. The number of methoxy groups -OCH3 is 1. The second-order valence-electron chi connectivity index (χ2n) is 5.99. The average Bonchev–Trinajstić information content (AvgIpc) is 2.56. The van der Waals surface area contributed by atoms with Crippen molar-refractivity contribution >= 4 is 0 Å². The molecule has 3 heteroatoms. The first-order valence-corrected chi connectivity index (χ1v) is 7.94. The van der Waals surface area contributed by atoms with Gasteiger partial charge in [-0.2, -0.15) is 0 Å². The maximum Gasteiger partial charge on any atom is 0.126 e. The van der Waals surface area contributed by atoms with Crippen molar-refractivity contribution in [2.45, 2.75) is 19.5 Å². The molecule has 1 fully saturated rings. The van der Waals surface area contributed by atoms with Crippen LogP contribution >= 0.6 is 0 Å². The first-order valence-electron chi connectivity index (χ1n) is 7.94. The Kier molecular flexibility index (Phi) is 4.76. The molecule has 1 aliphatic rings. The highest BCUT2D eigenvalue weighted by Crippen LogP contribution is 2.29. The van der Waals surface area contributed by atoms with Crippen molar-refractivity contribution in [2.75, 3.05) is 26.7 Å². The Morgan fingerprint density at radius 1 is 1.14 bits per heavy atom. The van der Waals surface area contributed by atoms with E-state index in [-0.39, 0.29) is 0 Å². The Morgan fingerprint density at radius 3 is 2.64 bits per heavy atom. The summed E-state index contributed by atoms with van der Waals surface area (Å²) in [6.07, 6.45) is 0. The Labute approximate surface area is 132 Å². The summed E-state index contributed by atoms with van der Waals surface area (Å²) >= 11 is 0. The minimum atomic E-state index is 0.585. The molecule has 0 bridgehead atoms. The number of hydrogen-bond acceptors (Lipinski definition) is 3. The van der Waals surface area contributed by atoms with Crippen molar-refractivity contribution in [1.82, 2.24) is 10.2 Å². The van der Waals surface area contributed by atoms with Crippen LogP contribution in [-0.2, 0) is 6.54 Å². The molecule has 1 aliphatic heterocycles. The van der Waals surface area contributed by atoms with E-state index in [1.54, 1.807) is 7.11 Å². The number of ether oxygens (including phenoxy) is 1. The van der Waals surface area contributed by atoms with E-state index in [4.69, 9.17) is 4.74 Å². The molecule has 0 spiro atoms. The van der Waals surface area contributed by atoms with Gasteiger partial charge in [0.2, 0.25) is 0 Å². The van der Waals surface area contributed by atoms with Gasteiger partial charge in [-0.05, 0) is 24.1 Å². The maximum absolute atomic E-state index is 5.45. The number of benzene rings is 2. The van der Waals surface area contributed by atoms with Crippen molar-refractivity contribution in [1.29, 1.82) is 0 Å². The average molecular weight is 296 g/mol. The molecule has 0 saturated carbocycles. The van der Waals surface area contributed by atoms with E-state index in [2.05, 4.69) is 47.5 Å². The van der Waals surface area contributed by atoms with Crippen molar-refractivity contribution in [3.8, 4) is 16.9 Å². The van der Waals surface area contributed by atoms with Crippen LogP contribution in [0, 0.1) is 0 Å². The van der Waals surface area contributed by atoms with Crippen molar-refractivity contribution in [3.63, 3.8) is 0 Å². The summed E-state index contributed by atoms with van der Waals surface area (Å²) in [6.45, 7) is 6.60. The molecule has 2 aromatic rings. The van der Waals surface area contributed by atoms with Gasteiger partial charge >= 0.3 is 0 Å². The lowest BCUT2D eigenvalue weighted by Crippen LogP contribution is -2.48. The Hall–Kier alpha value is -1.84. The number of para-hydroxylation sites is 1. The van der Waals surface area contributed by atoms with Crippen LogP contribution < -0.4 is 10.1 Å². The first-order chi connectivity index (χ1) is 10.8. The monoisotopic (exact) mass is 296 g/mol. The smallest absolute Gasteiger partial charge is 0.126 e. The lowest BCUT2D eigenvalue weighted by molar-refractivity contribution is 0.199. The summed E-state index contributed by atoms with van der Waals surface area (Å²) in [5.41, 5.74) is 3.72. The molecule has 0 unspecified atom stereocenters. The summed E-state index contributed by atoms with van der Waals surface area (Å²) < 4.78 is 5.45. The van der Waals surface area contributed by atoms with Gasteiger partial charge in [0.05, 0.1) is 7.11 Å². The van der Waals surface area contributed by atoms with Crippen LogP contribution in [0.25, 0.3) is 11.1 Å². The van der Waals surface area contributed by atoms with E-state index >= 15 is 0 Å². The summed E-state index contributed by atoms with van der Waals surface area (Å²) in [5.74, 6) is 0.922. The molecule has 1 atom stereocenters. The number of hydrogen-bond donors (Lipinski definition) is 1. The van der Waals surface area contributed by atoms with Gasteiger partial charge in [0.25, 0.3) is 0 Å². The zero-order valence-corrected chi connectivity index (χ0v) is 13.4. The highest BCUT2D eigenvalue weighted by molar-refractivity contribution is 5.70. The minimum absolute atomic E-state index is 0.585. The fraction of sp³-hybridized carbons (Fsp3) is 0.368. The largest absolute Gasteiger partial charge is 0.496 e. The van der Waals surface area contributed by atoms with Crippen LogP contribution in [0.3, 0.4) is 0 Å². The third-order valence-electron chi connectivity index (χ3n) is 4.23. The van der Waals surface area contributed by atoms with Crippen LogP contribution in [0.5, 0.6) is 5.75 Å². The summed E-state index contributed by atoms with van der Waals surface area (Å²) in [6, 6.07) is 17.6. The maximum atomic E-state index is 5.45. The van der Waals surface area contributed by atoms with Gasteiger partial charge in [-0.25, -0.2) is 0 Å². The Bertz CT molecular complexity index is 609. The quantitative estimate of drug-likeness (QED) is 0.938. The normalized spacial score (nSPS) is 19.1. The lowest BCUT2D eigenvalue weighted by atomic mass is 10.0. The summed E-state index contributed by atoms with van der Waals surface area (Å²) in [7, 11) is 1.72. The molecule has 0 aromatic heterocycles. The van der Waals surface area contributed by atoms with Crippen LogP contribution in [0.15, 0.2) is 48.5 Å².